The highest BCUT2D eigenvalue weighted by Crippen LogP contribution is 2.38. The second-order valence-electron chi connectivity index (χ2n) is 10.1. The monoisotopic (exact) mass is 537 g/mol. The summed E-state index contributed by atoms with van der Waals surface area (Å²) in [6, 6.07) is 7.63. The van der Waals surface area contributed by atoms with Gasteiger partial charge in [-0.05, 0) is 54.0 Å². The molecule has 0 unspecified atom stereocenters. The van der Waals surface area contributed by atoms with E-state index >= 15 is 8.78 Å². The highest BCUT2D eigenvalue weighted by atomic mass is 19.1. The van der Waals surface area contributed by atoms with Gasteiger partial charge in [-0.3, -0.25) is 4.98 Å². The Morgan fingerprint density at radius 3 is 2.56 bits per heavy atom. The zero-order valence-electron chi connectivity index (χ0n) is 22.3. The molecule has 0 saturated heterocycles. The number of ether oxygens (including phenoxy) is 3. The Kier molecular flexibility index (Phi) is 8.15. The van der Waals surface area contributed by atoms with Crippen LogP contribution in [0, 0.1) is 17.6 Å². The fourth-order valence-corrected chi connectivity index (χ4v) is 5.69. The minimum atomic E-state index is -0.761. The van der Waals surface area contributed by atoms with Crippen molar-refractivity contribution in [1.29, 1.82) is 0 Å². The summed E-state index contributed by atoms with van der Waals surface area (Å²) in [5, 5.41) is 4.57. The standard InChI is InChI=1S/C29H33F2N5O3/c1-17-10-18(11-25(32)29(17)38-3)22-6-7-33-15-19(22)12-27-34-16-20-4-5-26(35-36(20)27)28-23(30)13-21(14-24(28)31)39-9-8-37-2/h4-7,13-18,25,29H,8-12,32H2,1-3H3/t17-,18+,25+,29-/m0/s1. The van der Waals surface area contributed by atoms with E-state index in [1.54, 1.807) is 36.2 Å². The Labute approximate surface area is 226 Å². The number of halogens is 2. The molecule has 0 radical (unpaired) electrons. The number of hydrogen-bond acceptors (Lipinski definition) is 7. The maximum absolute atomic E-state index is 15.0. The Morgan fingerprint density at radius 1 is 1.05 bits per heavy atom. The number of imidazole rings is 1. The van der Waals surface area contributed by atoms with E-state index in [0.717, 1.165) is 36.1 Å². The molecule has 3 aromatic heterocycles. The van der Waals surface area contributed by atoms with Crippen LogP contribution in [0.3, 0.4) is 0 Å². The van der Waals surface area contributed by atoms with Gasteiger partial charge in [0.25, 0.3) is 0 Å². The molecule has 2 N–H and O–H groups in total. The van der Waals surface area contributed by atoms with Gasteiger partial charge in [0.15, 0.2) is 0 Å². The smallest absolute Gasteiger partial charge is 0.139 e. The molecule has 0 amide bonds. The van der Waals surface area contributed by atoms with Gasteiger partial charge in [-0.2, -0.15) is 5.10 Å². The normalized spacial score (nSPS) is 21.4. The first-order chi connectivity index (χ1) is 18.9. The van der Waals surface area contributed by atoms with Crippen LogP contribution in [0.1, 0.15) is 42.6 Å². The third-order valence-corrected chi connectivity index (χ3v) is 7.48. The molecule has 3 heterocycles. The van der Waals surface area contributed by atoms with Crippen LogP contribution >= 0.6 is 0 Å². The SMILES string of the molecule is COCCOc1cc(F)c(-c2ccc3cnc(Cc4cnccc4[C@H]4C[C@@H](N)[C@@H](OC)[C@@H](C)C4)n3n2)c(F)c1. The molecule has 8 nitrogen and oxygen atoms in total. The number of nitrogens with two attached hydrogens (primary N) is 1. The summed E-state index contributed by atoms with van der Waals surface area (Å²) >= 11 is 0. The Hall–Kier alpha value is -3.47. The molecular weight excluding hydrogens is 504 g/mol. The summed E-state index contributed by atoms with van der Waals surface area (Å²) in [5.74, 6) is -0.202. The summed E-state index contributed by atoms with van der Waals surface area (Å²) in [6.07, 6.45) is 7.61. The second kappa shape index (κ2) is 11.7. The van der Waals surface area contributed by atoms with E-state index in [2.05, 4.69) is 22.0 Å². The van der Waals surface area contributed by atoms with Crippen molar-refractivity contribution in [1.82, 2.24) is 19.6 Å². The van der Waals surface area contributed by atoms with E-state index in [-0.39, 0.29) is 41.7 Å². The first-order valence-corrected chi connectivity index (χ1v) is 13.1. The predicted octanol–water partition coefficient (Wildman–Crippen LogP) is 4.54. The lowest BCUT2D eigenvalue weighted by Crippen LogP contribution is -2.45. The Bertz CT molecular complexity index is 1410. The predicted molar refractivity (Wildman–Crippen MR) is 143 cm³/mol. The van der Waals surface area contributed by atoms with Gasteiger partial charge in [0.05, 0.1) is 35.7 Å². The lowest BCUT2D eigenvalue weighted by atomic mass is 9.74. The van der Waals surface area contributed by atoms with Crippen LogP contribution in [0.5, 0.6) is 5.75 Å². The van der Waals surface area contributed by atoms with Crippen LogP contribution in [0.2, 0.25) is 0 Å². The van der Waals surface area contributed by atoms with E-state index in [1.165, 1.54) is 12.7 Å². The van der Waals surface area contributed by atoms with E-state index in [4.69, 9.17) is 19.9 Å². The quantitative estimate of drug-likeness (QED) is 0.313. The highest BCUT2D eigenvalue weighted by Gasteiger charge is 2.35. The van der Waals surface area contributed by atoms with Gasteiger partial charge in [-0.15, -0.1) is 0 Å². The molecule has 0 spiro atoms. The van der Waals surface area contributed by atoms with Crippen molar-refractivity contribution < 1.29 is 23.0 Å². The van der Waals surface area contributed by atoms with Crippen LogP contribution in [-0.4, -0.2) is 59.2 Å². The topological polar surface area (TPSA) is 96.8 Å². The molecule has 1 aliphatic rings. The van der Waals surface area contributed by atoms with Crippen molar-refractivity contribution in [3.05, 3.63) is 77.5 Å². The van der Waals surface area contributed by atoms with Crippen LogP contribution < -0.4 is 10.5 Å². The number of nitrogens with zero attached hydrogens (tertiary/aromatic N) is 4. The molecule has 10 heteroatoms. The van der Waals surface area contributed by atoms with Gasteiger partial charge < -0.3 is 19.9 Å². The lowest BCUT2D eigenvalue weighted by molar-refractivity contribution is 0.00970. The molecule has 0 aliphatic heterocycles. The number of fused-ring (bicyclic) bond motifs is 1. The van der Waals surface area contributed by atoms with Crippen LogP contribution in [-0.2, 0) is 15.9 Å². The second-order valence-corrected chi connectivity index (χ2v) is 10.1. The van der Waals surface area contributed by atoms with Crippen LogP contribution in [0.4, 0.5) is 8.78 Å². The molecule has 4 atom stereocenters. The van der Waals surface area contributed by atoms with Crippen molar-refractivity contribution in [2.45, 2.75) is 44.2 Å². The summed E-state index contributed by atoms with van der Waals surface area (Å²) in [4.78, 5) is 8.94. The maximum atomic E-state index is 15.0. The van der Waals surface area contributed by atoms with Crippen molar-refractivity contribution in [3.8, 4) is 17.0 Å². The third-order valence-electron chi connectivity index (χ3n) is 7.48. The van der Waals surface area contributed by atoms with Gasteiger partial charge in [-0.25, -0.2) is 18.3 Å². The van der Waals surface area contributed by atoms with E-state index < -0.39 is 11.6 Å². The van der Waals surface area contributed by atoms with Gasteiger partial charge in [-0.1, -0.05) is 6.92 Å². The van der Waals surface area contributed by atoms with Gasteiger partial charge in [0, 0.05) is 51.2 Å². The summed E-state index contributed by atoms with van der Waals surface area (Å²) in [5.41, 5.74) is 9.31. The fraction of sp³-hybridized carbons (Fsp3) is 0.414. The maximum Gasteiger partial charge on any atom is 0.139 e. The minimum Gasteiger partial charge on any atom is -0.491 e. The average Bonchev–Trinajstić information content (AvgIpc) is 3.30. The molecule has 206 valence electrons. The van der Waals surface area contributed by atoms with Crippen molar-refractivity contribution in [3.63, 3.8) is 0 Å². The number of pyridine rings is 1. The molecule has 1 fully saturated rings. The summed E-state index contributed by atoms with van der Waals surface area (Å²) in [7, 11) is 3.24. The largest absolute Gasteiger partial charge is 0.491 e. The first-order valence-electron chi connectivity index (χ1n) is 13.1. The van der Waals surface area contributed by atoms with Crippen LogP contribution in [0.15, 0.2) is 48.9 Å². The number of benzene rings is 1. The molecule has 1 aromatic carbocycles. The zero-order valence-corrected chi connectivity index (χ0v) is 22.3. The molecule has 5 rings (SSSR count). The minimum absolute atomic E-state index is 0.0391. The number of hydrogen-bond donors (Lipinski definition) is 1. The zero-order chi connectivity index (χ0) is 27.5. The van der Waals surface area contributed by atoms with Crippen molar-refractivity contribution >= 4 is 5.52 Å². The van der Waals surface area contributed by atoms with E-state index in [1.807, 2.05) is 12.3 Å². The molecule has 4 aromatic rings. The van der Waals surface area contributed by atoms with E-state index in [0.29, 0.717) is 24.8 Å². The number of aromatic nitrogens is 4. The number of rotatable bonds is 9. The van der Waals surface area contributed by atoms with Gasteiger partial charge in [0.2, 0.25) is 0 Å². The molecule has 39 heavy (non-hydrogen) atoms. The average molecular weight is 538 g/mol. The highest BCUT2D eigenvalue weighted by molar-refractivity contribution is 5.63. The third kappa shape index (κ3) is 5.63. The van der Waals surface area contributed by atoms with Gasteiger partial charge in [0.1, 0.15) is 29.8 Å². The Balaban J connectivity index is 1.44. The van der Waals surface area contributed by atoms with Crippen molar-refractivity contribution in [2.75, 3.05) is 27.4 Å². The summed E-state index contributed by atoms with van der Waals surface area (Å²) < 4.78 is 47.6. The Morgan fingerprint density at radius 2 is 1.85 bits per heavy atom. The fourth-order valence-electron chi connectivity index (χ4n) is 5.69. The first kappa shape index (κ1) is 27.1. The van der Waals surface area contributed by atoms with Crippen LogP contribution in [0.25, 0.3) is 16.8 Å². The molecule has 0 bridgehead atoms. The molecular formula is C29H33F2N5O3. The summed E-state index contributed by atoms with van der Waals surface area (Å²) in [6.45, 7) is 2.67. The molecule has 1 saturated carbocycles. The van der Waals surface area contributed by atoms with E-state index in [9.17, 15) is 0 Å². The number of methoxy groups -OCH3 is 2. The lowest BCUT2D eigenvalue weighted by Gasteiger charge is -2.38. The van der Waals surface area contributed by atoms with Gasteiger partial charge >= 0.3 is 0 Å². The molecule has 1 aliphatic carbocycles. The van der Waals surface area contributed by atoms with Crippen molar-refractivity contribution in [2.24, 2.45) is 11.7 Å².